The summed E-state index contributed by atoms with van der Waals surface area (Å²) in [6, 6.07) is 3.71. The van der Waals surface area contributed by atoms with Gasteiger partial charge in [0.2, 0.25) is 0 Å². The third-order valence-corrected chi connectivity index (χ3v) is 2.19. The minimum absolute atomic E-state index is 0.0537. The van der Waals surface area contributed by atoms with Crippen LogP contribution in [0, 0.1) is 5.82 Å². The highest BCUT2D eigenvalue weighted by Crippen LogP contribution is 2.24. The predicted octanol–water partition coefficient (Wildman–Crippen LogP) is 3.32. The number of Topliss-reactive ketones (excluding diaryl/α,β-unsaturated/α-hetero) is 1. The van der Waals surface area contributed by atoms with Gasteiger partial charge in [-0.25, -0.2) is 4.39 Å². The van der Waals surface area contributed by atoms with Crippen LogP contribution in [0.5, 0.6) is 0 Å². The maximum atomic E-state index is 13.2. The Bertz CT molecular complexity index is 394. The van der Waals surface area contributed by atoms with Gasteiger partial charge in [-0.2, -0.15) is 13.2 Å². The summed E-state index contributed by atoms with van der Waals surface area (Å²) in [6.45, 7) is 0. The van der Waals surface area contributed by atoms with Gasteiger partial charge in [-0.1, -0.05) is 6.07 Å². The van der Waals surface area contributed by atoms with Crippen molar-refractivity contribution in [1.82, 2.24) is 0 Å². The summed E-state index contributed by atoms with van der Waals surface area (Å²) >= 11 is 0. The van der Waals surface area contributed by atoms with Gasteiger partial charge in [-0.3, -0.25) is 4.79 Å². The first-order valence-electron chi connectivity index (χ1n) is 4.95. The monoisotopic (exact) mass is 249 g/mol. The number of alkyl halides is 3. The molecule has 0 saturated carbocycles. The number of carbonyl (C=O) groups is 1. The molecule has 0 aliphatic rings. The van der Waals surface area contributed by atoms with Crippen LogP contribution in [-0.4, -0.2) is 12.0 Å². The Morgan fingerprint density at radius 1 is 1.29 bits per heavy atom. The van der Waals surface area contributed by atoms with Gasteiger partial charge in [0.25, 0.3) is 0 Å². The number of halogens is 4. The van der Waals surface area contributed by atoms with Gasteiger partial charge in [0, 0.05) is 18.5 Å². The number of anilines is 1. The van der Waals surface area contributed by atoms with Gasteiger partial charge >= 0.3 is 6.18 Å². The summed E-state index contributed by atoms with van der Waals surface area (Å²) in [6.07, 6.45) is -6.10. The molecule has 94 valence electrons. The number of ketones is 1. The van der Waals surface area contributed by atoms with Crippen LogP contribution in [0.1, 0.15) is 29.6 Å². The summed E-state index contributed by atoms with van der Waals surface area (Å²) in [7, 11) is 0. The Morgan fingerprint density at radius 3 is 2.47 bits per heavy atom. The Kier molecular flexibility index (Phi) is 4.09. The molecule has 1 rings (SSSR count). The van der Waals surface area contributed by atoms with E-state index in [4.69, 9.17) is 5.73 Å². The highest BCUT2D eigenvalue weighted by molar-refractivity contribution is 6.00. The lowest BCUT2D eigenvalue weighted by atomic mass is 10.0. The number of rotatable bonds is 4. The SMILES string of the molecule is Nc1cccc(F)c1C(=O)CCCC(F)(F)F. The predicted molar refractivity (Wildman–Crippen MR) is 55.0 cm³/mol. The zero-order valence-corrected chi connectivity index (χ0v) is 8.85. The molecule has 0 radical (unpaired) electrons. The average Bonchev–Trinajstić information content (AvgIpc) is 2.15. The number of benzene rings is 1. The first kappa shape index (κ1) is 13.5. The third-order valence-electron chi connectivity index (χ3n) is 2.19. The normalized spacial score (nSPS) is 11.5. The molecule has 0 bridgehead atoms. The van der Waals surface area contributed by atoms with Crippen molar-refractivity contribution in [2.45, 2.75) is 25.4 Å². The zero-order valence-electron chi connectivity index (χ0n) is 8.85. The van der Waals surface area contributed by atoms with Gasteiger partial charge in [-0.15, -0.1) is 0 Å². The molecule has 0 saturated heterocycles. The van der Waals surface area contributed by atoms with E-state index in [0.717, 1.165) is 6.07 Å². The first-order valence-corrected chi connectivity index (χ1v) is 4.95. The van der Waals surface area contributed by atoms with Crippen LogP contribution in [0.4, 0.5) is 23.2 Å². The number of hydrogen-bond donors (Lipinski definition) is 1. The van der Waals surface area contributed by atoms with E-state index in [2.05, 4.69) is 0 Å². The van der Waals surface area contributed by atoms with Crippen LogP contribution in [-0.2, 0) is 0 Å². The average molecular weight is 249 g/mol. The standard InChI is InChI=1S/C11H11F4NO/c12-7-3-1-4-8(16)10(7)9(17)5-2-6-11(13,14)15/h1,3-4H,2,5-6,16H2. The number of nitrogen functional groups attached to an aromatic ring is 1. The van der Waals surface area contributed by atoms with E-state index >= 15 is 0 Å². The highest BCUT2D eigenvalue weighted by Gasteiger charge is 2.27. The number of nitrogens with two attached hydrogens (primary N) is 1. The third kappa shape index (κ3) is 4.05. The van der Waals surface area contributed by atoms with Crippen LogP contribution in [0.3, 0.4) is 0 Å². The van der Waals surface area contributed by atoms with E-state index in [-0.39, 0.29) is 24.1 Å². The molecule has 0 spiro atoms. The van der Waals surface area contributed by atoms with E-state index in [1.54, 1.807) is 0 Å². The smallest absolute Gasteiger partial charge is 0.389 e. The van der Waals surface area contributed by atoms with Crippen molar-refractivity contribution in [1.29, 1.82) is 0 Å². The zero-order chi connectivity index (χ0) is 13.1. The minimum Gasteiger partial charge on any atom is -0.398 e. The summed E-state index contributed by atoms with van der Waals surface area (Å²) in [5.74, 6) is -1.51. The van der Waals surface area contributed by atoms with E-state index in [1.807, 2.05) is 0 Å². The lowest BCUT2D eigenvalue weighted by Gasteiger charge is -2.07. The molecule has 0 aromatic heterocycles. The van der Waals surface area contributed by atoms with E-state index < -0.39 is 24.2 Å². The van der Waals surface area contributed by atoms with Gasteiger partial charge < -0.3 is 5.73 Å². The molecule has 0 heterocycles. The summed E-state index contributed by atoms with van der Waals surface area (Å²) in [5, 5.41) is 0. The van der Waals surface area contributed by atoms with E-state index in [1.165, 1.54) is 12.1 Å². The van der Waals surface area contributed by atoms with Gasteiger partial charge in [0.15, 0.2) is 5.78 Å². The van der Waals surface area contributed by atoms with Crippen LogP contribution >= 0.6 is 0 Å². The topological polar surface area (TPSA) is 43.1 Å². The molecule has 0 unspecified atom stereocenters. The first-order chi connectivity index (χ1) is 7.81. The second-order valence-electron chi connectivity index (χ2n) is 3.60. The molecule has 0 fully saturated rings. The Morgan fingerprint density at radius 2 is 1.94 bits per heavy atom. The van der Waals surface area contributed by atoms with Crippen LogP contribution < -0.4 is 5.73 Å². The highest BCUT2D eigenvalue weighted by atomic mass is 19.4. The van der Waals surface area contributed by atoms with Crippen molar-refractivity contribution in [2.75, 3.05) is 5.73 Å². The summed E-state index contributed by atoms with van der Waals surface area (Å²) in [5.41, 5.74) is 5.02. The van der Waals surface area contributed by atoms with Gasteiger partial charge in [0.05, 0.1) is 5.56 Å². The van der Waals surface area contributed by atoms with Gasteiger partial charge in [-0.05, 0) is 18.6 Å². The van der Waals surface area contributed by atoms with Crippen molar-refractivity contribution in [3.8, 4) is 0 Å². The maximum absolute atomic E-state index is 13.2. The minimum atomic E-state index is -4.30. The van der Waals surface area contributed by atoms with Crippen molar-refractivity contribution in [3.05, 3.63) is 29.6 Å². The lowest BCUT2D eigenvalue weighted by molar-refractivity contribution is -0.135. The van der Waals surface area contributed by atoms with Gasteiger partial charge in [0.1, 0.15) is 5.82 Å². The van der Waals surface area contributed by atoms with E-state index in [0.29, 0.717) is 0 Å². The largest absolute Gasteiger partial charge is 0.398 e. The molecule has 2 nitrogen and oxygen atoms in total. The molecular weight excluding hydrogens is 238 g/mol. The summed E-state index contributed by atoms with van der Waals surface area (Å²) < 4.78 is 48.8. The molecule has 0 aliphatic carbocycles. The number of hydrogen-bond acceptors (Lipinski definition) is 2. The Labute approximate surface area is 95.4 Å². The molecule has 2 N–H and O–H groups in total. The second-order valence-corrected chi connectivity index (χ2v) is 3.60. The van der Waals surface area contributed by atoms with Crippen molar-refractivity contribution in [2.24, 2.45) is 0 Å². The molecule has 0 atom stereocenters. The second kappa shape index (κ2) is 5.16. The number of carbonyl (C=O) groups excluding carboxylic acids is 1. The molecular formula is C11H11F4NO. The molecule has 0 amide bonds. The van der Waals surface area contributed by atoms with Crippen molar-refractivity contribution >= 4 is 11.5 Å². The van der Waals surface area contributed by atoms with E-state index in [9.17, 15) is 22.4 Å². The van der Waals surface area contributed by atoms with Crippen LogP contribution in [0.2, 0.25) is 0 Å². The van der Waals surface area contributed by atoms with Crippen LogP contribution in [0.15, 0.2) is 18.2 Å². The fraction of sp³-hybridized carbons (Fsp3) is 0.364. The Balaban J connectivity index is 2.65. The van der Waals surface area contributed by atoms with Crippen molar-refractivity contribution in [3.63, 3.8) is 0 Å². The summed E-state index contributed by atoms with van der Waals surface area (Å²) in [4.78, 5) is 11.5. The van der Waals surface area contributed by atoms with Crippen molar-refractivity contribution < 1.29 is 22.4 Å². The fourth-order valence-electron chi connectivity index (χ4n) is 1.41. The van der Waals surface area contributed by atoms with Crippen LogP contribution in [0.25, 0.3) is 0 Å². The fourth-order valence-corrected chi connectivity index (χ4v) is 1.41. The molecule has 0 aliphatic heterocycles. The molecule has 6 heteroatoms. The lowest BCUT2D eigenvalue weighted by Crippen LogP contribution is -2.10. The molecule has 1 aromatic rings. The maximum Gasteiger partial charge on any atom is 0.389 e. The quantitative estimate of drug-likeness (QED) is 0.505. The molecule has 1 aromatic carbocycles. The molecule has 17 heavy (non-hydrogen) atoms. The Hall–Kier alpha value is -1.59.